The molecule has 124 valence electrons. The molecule has 1 fully saturated rings. The fourth-order valence-corrected chi connectivity index (χ4v) is 3.91. The molecule has 0 aliphatic carbocycles. The third-order valence-electron chi connectivity index (χ3n) is 3.53. The van der Waals surface area contributed by atoms with Crippen molar-refractivity contribution in [2.45, 2.75) is 6.92 Å². The molecule has 1 aromatic carbocycles. The second-order valence-electron chi connectivity index (χ2n) is 5.24. The Labute approximate surface area is 151 Å². The van der Waals surface area contributed by atoms with Gasteiger partial charge in [-0.3, -0.25) is 19.7 Å². The largest absolute Gasteiger partial charge is 0.289 e. The summed E-state index contributed by atoms with van der Waals surface area (Å²) in [7, 11) is 1.70. The SMILES string of the molecule is Cc1nnc(/N=C2/S/C(=C\c3cccc4nccnc34)C(=O)N2C)s1. The van der Waals surface area contributed by atoms with E-state index >= 15 is 0 Å². The Morgan fingerprint density at radius 1 is 1.20 bits per heavy atom. The number of hydrogen-bond donors (Lipinski definition) is 0. The maximum absolute atomic E-state index is 12.5. The van der Waals surface area contributed by atoms with Gasteiger partial charge in [-0.15, -0.1) is 10.2 Å². The summed E-state index contributed by atoms with van der Waals surface area (Å²) in [6.07, 6.45) is 5.12. The Bertz CT molecular complexity index is 1040. The lowest BCUT2D eigenvalue weighted by Gasteiger charge is -2.05. The van der Waals surface area contributed by atoms with Crippen LogP contribution in [0.3, 0.4) is 0 Å². The summed E-state index contributed by atoms with van der Waals surface area (Å²) in [6, 6.07) is 5.71. The highest BCUT2D eigenvalue weighted by Crippen LogP contribution is 2.34. The van der Waals surface area contributed by atoms with E-state index < -0.39 is 0 Å². The van der Waals surface area contributed by atoms with Crippen LogP contribution in [0.4, 0.5) is 5.13 Å². The molecule has 0 spiro atoms. The van der Waals surface area contributed by atoms with E-state index in [0.29, 0.717) is 15.2 Å². The normalized spacial score (nSPS) is 18.0. The number of carbonyl (C=O) groups is 1. The molecule has 3 heterocycles. The van der Waals surface area contributed by atoms with Crippen molar-refractivity contribution in [3.05, 3.63) is 46.1 Å². The number of nitrogens with zero attached hydrogens (tertiary/aromatic N) is 6. The van der Waals surface area contributed by atoms with Gasteiger partial charge in [0.1, 0.15) is 5.01 Å². The van der Waals surface area contributed by atoms with Crippen LogP contribution >= 0.6 is 23.1 Å². The van der Waals surface area contributed by atoms with Crippen molar-refractivity contribution in [3.63, 3.8) is 0 Å². The minimum atomic E-state index is -0.106. The van der Waals surface area contributed by atoms with E-state index in [-0.39, 0.29) is 5.91 Å². The number of para-hydroxylation sites is 1. The van der Waals surface area contributed by atoms with Crippen LogP contribution in [-0.4, -0.2) is 43.2 Å². The quantitative estimate of drug-likeness (QED) is 0.647. The highest BCUT2D eigenvalue weighted by atomic mass is 32.2. The van der Waals surface area contributed by atoms with Crippen molar-refractivity contribution in [2.24, 2.45) is 4.99 Å². The third-order valence-corrected chi connectivity index (χ3v) is 5.32. The number of likely N-dealkylation sites (N-methyl/N-ethyl adjacent to an activating group) is 1. The molecule has 1 aliphatic rings. The van der Waals surface area contributed by atoms with E-state index in [4.69, 9.17) is 0 Å². The van der Waals surface area contributed by atoms with Crippen LogP contribution in [0, 0.1) is 6.92 Å². The Hall–Kier alpha value is -2.65. The third kappa shape index (κ3) is 3.03. The first kappa shape index (κ1) is 15.9. The molecule has 25 heavy (non-hydrogen) atoms. The van der Waals surface area contributed by atoms with Crippen molar-refractivity contribution in [3.8, 4) is 0 Å². The van der Waals surface area contributed by atoms with Crippen molar-refractivity contribution in [1.29, 1.82) is 0 Å². The number of amides is 1. The van der Waals surface area contributed by atoms with Gasteiger partial charge in [-0.25, -0.2) is 0 Å². The van der Waals surface area contributed by atoms with Gasteiger partial charge in [-0.2, -0.15) is 4.99 Å². The summed E-state index contributed by atoms with van der Waals surface area (Å²) < 4.78 is 0. The fourth-order valence-electron chi connectivity index (χ4n) is 2.34. The van der Waals surface area contributed by atoms with E-state index in [2.05, 4.69) is 25.2 Å². The molecule has 0 saturated carbocycles. The van der Waals surface area contributed by atoms with Crippen molar-refractivity contribution >= 4 is 56.4 Å². The summed E-state index contributed by atoms with van der Waals surface area (Å²) in [5, 5.41) is 9.88. The molecule has 4 rings (SSSR count). The highest BCUT2D eigenvalue weighted by molar-refractivity contribution is 8.18. The maximum atomic E-state index is 12.5. The molecule has 1 amide bonds. The zero-order chi connectivity index (χ0) is 17.4. The van der Waals surface area contributed by atoms with E-state index in [1.165, 1.54) is 28.0 Å². The zero-order valence-corrected chi connectivity index (χ0v) is 15.0. The number of hydrogen-bond acceptors (Lipinski definition) is 8. The van der Waals surface area contributed by atoms with Gasteiger partial charge in [0.15, 0.2) is 5.17 Å². The summed E-state index contributed by atoms with van der Waals surface area (Å²) >= 11 is 2.70. The van der Waals surface area contributed by atoms with Crippen LogP contribution in [0.15, 0.2) is 40.5 Å². The second-order valence-corrected chi connectivity index (χ2v) is 7.41. The molecular weight excluding hydrogens is 356 g/mol. The molecule has 0 radical (unpaired) electrons. The molecule has 9 heteroatoms. The number of thioether (sulfide) groups is 1. The number of carbonyl (C=O) groups excluding carboxylic acids is 1. The van der Waals surface area contributed by atoms with Gasteiger partial charge in [-0.05, 0) is 30.8 Å². The van der Waals surface area contributed by atoms with Crippen LogP contribution in [0.5, 0.6) is 0 Å². The zero-order valence-electron chi connectivity index (χ0n) is 13.4. The van der Waals surface area contributed by atoms with E-state index in [0.717, 1.165) is 21.6 Å². The standard InChI is InChI=1S/C16H12N6OS2/c1-9-20-21-15(24-9)19-16-22(2)14(23)12(25-16)8-10-4-3-5-11-13(10)18-7-6-17-11/h3-8H,1-2H3/b12-8-,19-16+. The molecule has 1 aliphatic heterocycles. The van der Waals surface area contributed by atoms with Crippen molar-refractivity contribution < 1.29 is 4.79 Å². The topological polar surface area (TPSA) is 84.2 Å². The first-order valence-corrected chi connectivity index (χ1v) is 9.01. The molecule has 0 atom stereocenters. The molecule has 0 N–H and O–H groups in total. The Morgan fingerprint density at radius 2 is 2.04 bits per heavy atom. The predicted molar refractivity (Wildman–Crippen MR) is 99.6 cm³/mol. The number of amidine groups is 1. The minimum absolute atomic E-state index is 0.106. The average molecular weight is 368 g/mol. The summed E-state index contributed by atoms with van der Waals surface area (Å²) in [5.74, 6) is -0.106. The van der Waals surface area contributed by atoms with E-state index in [1.807, 2.05) is 31.2 Å². The van der Waals surface area contributed by atoms with E-state index in [1.54, 1.807) is 19.4 Å². The van der Waals surface area contributed by atoms with Gasteiger partial charge in [-0.1, -0.05) is 23.5 Å². The lowest BCUT2D eigenvalue weighted by atomic mass is 10.1. The number of aliphatic imine (C=N–C) groups is 1. The van der Waals surface area contributed by atoms with Gasteiger partial charge >= 0.3 is 0 Å². The number of rotatable bonds is 2. The predicted octanol–water partition coefficient (Wildman–Crippen LogP) is 3.02. The second kappa shape index (κ2) is 6.34. The molecule has 3 aromatic rings. The first-order valence-electron chi connectivity index (χ1n) is 7.38. The van der Waals surface area contributed by atoms with Crippen LogP contribution in [-0.2, 0) is 4.79 Å². The van der Waals surface area contributed by atoms with Crippen LogP contribution < -0.4 is 0 Å². The molecule has 0 unspecified atom stereocenters. The lowest BCUT2D eigenvalue weighted by molar-refractivity contribution is -0.121. The van der Waals surface area contributed by atoms with Gasteiger partial charge in [0, 0.05) is 25.0 Å². The Kier molecular flexibility index (Phi) is 4.02. The molecule has 7 nitrogen and oxygen atoms in total. The molecular formula is C16H12N6OS2. The fraction of sp³-hybridized carbons (Fsp3) is 0.125. The minimum Gasteiger partial charge on any atom is -0.289 e. The number of benzene rings is 1. The first-order chi connectivity index (χ1) is 12.1. The Balaban J connectivity index is 1.72. The summed E-state index contributed by atoms with van der Waals surface area (Å²) in [6.45, 7) is 1.87. The van der Waals surface area contributed by atoms with Crippen LogP contribution in [0.2, 0.25) is 0 Å². The molecule has 1 saturated heterocycles. The number of aromatic nitrogens is 4. The monoisotopic (exact) mass is 368 g/mol. The molecule has 0 bridgehead atoms. The van der Waals surface area contributed by atoms with Crippen LogP contribution in [0.25, 0.3) is 17.1 Å². The summed E-state index contributed by atoms with van der Waals surface area (Å²) in [4.78, 5) is 27.7. The van der Waals surface area contributed by atoms with Crippen molar-refractivity contribution in [1.82, 2.24) is 25.1 Å². The maximum Gasteiger partial charge on any atom is 0.266 e. The van der Waals surface area contributed by atoms with Gasteiger partial charge in [0.2, 0.25) is 5.13 Å². The van der Waals surface area contributed by atoms with E-state index in [9.17, 15) is 4.79 Å². The smallest absolute Gasteiger partial charge is 0.266 e. The lowest BCUT2D eigenvalue weighted by Crippen LogP contribution is -2.23. The van der Waals surface area contributed by atoms with Gasteiger partial charge in [0.25, 0.3) is 5.91 Å². The average Bonchev–Trinajstić information content (AvgIpc) is 3.14. The van der Waals surface area contributed by atoms with Gasteiger partial charge in [0.05, 0.1) is 15.9 Å². The highest BCUT2D eigenvalue weighted by Gasteiger charge is 2.30. The summed E-state index contributed by atoms with van der Waals surface area (Å²) in [5.41, 5.74) is 2.40. The number of aryl methyl sites for hydroxylation is 1. The number of fused-ring (bicyclic) bond motifs is 1. The van der Waals surface area contributed by atoms with Crippen molar-refractivity contribution in [2.75, 3.05) is 7.05 Å². The molecule has 2 aromatic heterocycles. The Morgan fingerprint density at radius 3 is 2.84 bits per heavy atom. The van der Waals surface area contributed by atoms with Gasteiger partial charge < -0.3 is 0 Å². The van der Waals surface area contributed by atoms with Crippen LogP contribution in [0.1, 0.15) is 10.6 Å².